The molecule has 0 bridgehead atoms. The van der Waals surface area contributed by atoms with E-state index in [9.17, 15) is 15.0 Å². The third-order valence-corrected chi connectivity index (χ3v) is 4.33. The standard InChI is InChI=1S/C21H25N3O5/c1-12-9-16-18(5-4-6-20(16)28-11-13(2)25)24(12)23-14(3)29-15-7-8-19(26)17(10-15)21(22)27/h4-10,13-14,23,25-26H,11H2,1-3H3,(H2,22,27). The highest BCUT2D eigenvalue weighted by atomic mass is 16.5. The van der Waals surface area contributed by atoms with E-state index in [1.807, 2.05) is 42.8 Å². The van der Waals surface area contributed by atoms with Crippen LogP contribution in [0, 0.1) is 6.92 Å². The number of aromatic hydroxyl groups is 1. The molecule has 0 aliphatic heterocycles. The summed E-state index contributed by atoms with van der Waals surface area (Å²) in [6.07, 6.45) is -1.02. The van der Waals surface area contributed by atoms with Crippen LogP contribution in [0.25, 0.3) is 10.9 Å². The van der Waals surface area contributed by atoms with Gasteiger partial charge in [-0.15, -0.1) is 0 Å². The van der Waals surface area contributed by atoms with Gasteiger partial charge in [-0.2, -0.15) is 0 Å². The highest BCUT2D eigenvalue weighted by molar-refractivity contribution is 5.95. The van der Waals surface area contributed by atoms with E-state index in [4.69, 9.17) is 15.2 Å². The van der Waals surface area contributed by atoms with Crippen molar-refractivity contribution in [2.24, 2.45) is 5.73 Å². The monoisotopic (exact) mass is 399 g/mol. The number of nitrogens with one attached hydrogen (secondary N) is 1. The van der Waals surface area contributed by atoms with Crippen LogP contribution in [0.5, 0.6) is 17.2 Å². The number of phenols is 1. The van der Waals surface area contributed by atoms with Gasteiger partial charge in [0.05, 0.1) is 17.2 Å². The quantitative estimate of drug-likeness (QED) is 0.432. The molecule has 8 heteroatoms. The van der Waals surface area contributed by atoms with Gasteiger partial charge >= 0.3 is 0 Å². The Kier molecular flexibility index (Phi) is 5.84. The molecule has 1 heterocycles. The smallest absolute Gasteiger partial charge is 0.252 e. The number of carbonyl (C=O) groups is 1. The molecule has 5 N–H and O–H groups in total. The van der Waals surface area contributed by atoms with Gasteiger partial charge in [0.25, 0.3) is 5.91 Å². The second-order valence-electron chi connectivity index (χ2n) is 6.90. The number of nitrogens with two attached hydrogens (primary N) is 1. The summed E-state index contributed by atoms with van der Waals surface area (Å²) in [6.45, 7) is 5.64. The lowest BCUT2D eigenvalue weighted by Crippen LogP contribution is -2.30. The van der Waals surface area contributed by atoms with E-state index in [1.54, 1.807) is 13.0 Å². The molecule has 2 atom stereocenters. The molecule has 29 heavy (non-hydrogen) atoms. The van der Waals surface area contributed by atoms with Gasteiger partial charge in [-0.1, -0.05) is 6.07 Å². The van der Waals surface area contributed by atoms with Crippen molar-refractivity contribution in [2.45, 2.75) is 33.1 Å². The third-order valence-electron chi connectivity index (χ3n) is 4.33. The minimum Gasteiger partial charge on any atom is -0.507 e. The number of rotatable bonds is 8. The molecule has 1 aromatic heterocycles. The van der Waals surface area contributed by atoms with E-state index in [-0.39, 0.29) is 17.9 Å². The highest BCUT2D eigenvalue weighted by Gasteiger charge is 2.14. The molecule has 0 aliphatic rings. The summed E-state index contributed by atoms with van der Waals surface area (Å²) in [7, 11) is 0. The van der Waals surface area contributed by atoms with Crippen molar-refractivity contribution in [3.05, 3.63) is 53.7 Å². The number of aliphatic hydroxyl groups excluding tert-OH is 1. The molecule has 0 aliphatic carbocycles. The van der Waals surface area contributed by atoms with E-state index >= 15 is 0 Å². The summed E-state index contributed by atoms with van der Waals surface area (Å²) in [5.74, 6) is 0.157. The first-order chi connectivity index (χ1) is 13.8. The average molecular weight is 399 g/mol. The molecule has 1 amide bonds. The first kappa shape index (κ1) is 20.3. The summed E-state index contributed by atoms with van der Waals surface area (Å²) in [6, 6.07) is 12.0. The molecule has 0 saturated carbocycles. The van der Waals surface area contributed by atoms with E-state index in [0.29, 0.717) is 11.5 Å². The molecular formula is C21H25N3O5. The normalized spacial score (nSPS) is 13.1. The Hall–Kier alpha value is -3.39. The lowest BCUT2D eigenvalue weighted by Gasteiger charge is -2.20. The van der Waals surface area contributed by atoms with Crippen LogP contribution in [0.4, 0.5) is 0 Å². The fourth-order valence-electron chi connectivity index (χ4n) is 3.04. The van der Waals surface area contributed by atoms with Crippen LogP contribution in [0.3, 0.4) is 0 Å². The molecule has 0 spiro atoms. The largest absolute Gasteiger partial charge is 0.507 e. The first-order valence-corrected chi connectivity index (χ1v) is 9.24. The Balaban J connectivity index is 1.81. The second-order valence-corrected chi connectivity index (χ2v) is 6.90. The van der Waals surface area contributed by atoms with Crippen molar-refractivity contribution in [1.82, 2.24) is 4.68 Å². The predicted octanol–water partition coefficient (Wildman–Crippen LogP) is 2.48. The number of carbonyl (C=O) groups excluding carboxylic acids is 1. The second kappa shape index (κ2) is 8.32. The van der Waals surface area contributed by atoms with E-state index < -0.39 is 18.2 Å². The minimum absolute atomic E-state index is 0.00260. The fraction of sp³-hybridized carbons (Fsp3) is 0.286. The molecule has 2 unspecified atom stereocenters. The topological polar surface area (TPSA) is 119 Å². The van der Waals surface area contributed by atoms with E-state index in [2.05, 4.69) is 5.43 Å². The predicted molar refractivity (Wildman–Crippen MR) is 110 cm³/mol. The average Bonchev–Trinajstić information content (AvgIpc) is 2.97. The number of aromatic nitrogens is 1. The van der Waals surface area contributed by atoms with E-state index in [1.165, 1.54) is 12.1 Å². The summed E-state index contributed by atoms with van der Waals surface area (Å²) in [4.78, 5) is 11.4. The molecular weight excluding hydrogens is 374 g/mol. The Morgan fingerprint density at radius 2 is 2.00 bits per heavy atom. The molecule has 0 radical (unpaired) electrons. The molecule has 0 fully saturated rings. The maximum Gasteiger partial charge on any atom is 0.252 e. The van der Waals surface area contributed by atoms with Crippen LogP contribution in [-0.2, 0) is 0 Å². The summed E-state index contributed by atoms with van der Waals surface area (Å²) in [5.41, 5.74) is 10.3. The van der Waals surface area contributed by atoms with Crippen LogP contribution in [-0.4, -0.2) is 39.7 Å². The molecule has 0 saturated heterocycles. The van der Waals surface area contributed by atoms with Crippen LogP contribution in [0.1, 0.15) is 29.9 Å². The van der Waals surface area contributed by atoms with Crippen molar-refractivity contribution in [3.8, 4) is 17.2 Å². The van der Waals surface area contributed by atoms with Crippen LogP contribution < -0.4 is 20.6 Å². The SMILES string of the molecule is Cc1cc2c(OCC(C)O)cccc2n1NC(C)Oc1ccc(O)c(C(N)=O)c1. The van der Waals surface area contributed by atoms with Crippen molar-refractivity contribution in [3.63, 3.8) is 0 Å². The Morgan fingerprint density at radius 1 is 1.24 bits per heavy atom. The number of hydrogen-bond acceptors (Lipinski definition) is 6. The molecule has 8 nitrogen and oxygen atoms in total. The highest BCUT2D eigenvalue weighted by Crippen LogP contribution is 2.29. The maximum atomic E-state index is 11.4. The van der Waals surface area contributed by atoms with Crippen LogP contribution in [0.15, 0.2) is 42.5 Å². The van der Waals surface area contributed by atoms with Gasteiger partial charge in [-0.25, -0.2) is 0 Å². The van der Waals surface area contributed by atoms with Gasteiger partial charge in [0.1, 0.15) is 23.9 Å². The zero-order valence-corrected chi connectivity index (χ0v) is 16.5. The van der Waals surface area contributed by atoms with Crippen molar-refractivity contribution in [2.75, 3.05) is 12.0 Å². The molecule has 154 valence electrons. The van der Waals surface area contributed by atoms with Gasteiger partial charge in [-0.05, 0) is 57.2 Å². The molecule has 3 aromatic rings. The van der Waals surface area contributed by atoms with Crippen LogP contribution >= 0.6 is 0 Å². The third kappa shape index (κ3) is 4.55. The van der Waals surface area contributed by atoms with Gasteiger partial charge < -0.3 is 25.4 Å². The zero-order valence-electron chi connectivity index (χ0n) is 16.5. The van der Waals surface area contributed by atoms with Crippen molar-refractivity contribution >= 4 is 16.8 Å². The minimum atomic E-state index is -0.731. The number of aryl methyl sites for hydroxylation is 1. The Bertz CT molecular complexity index is 1030. The number of hydrogen-bond donors (Lipinski definition) is 4. The summed E-state index contributed by atoms with van der Waals surface area (Å²) < 4.78 is 13.4. The first-order valence-electron chi connectivity index (χ1n) is 9.24. The van der Waals surface area contributed by atoms with Gasteiger partial charge in [0.2, 0.25) is 0 Å². The number of aliphatic hydroxyl groups is 1. The number of fused-ring (bicyclic) bond motifs is 1. The number of amides is 1. The van der Waals surface area contributed by atoms with Gasteiger partial charge in [0, 0.05) is 11.1 Å². The van der Waals surface area contributed by atoms with E-state index in [0.717, 1.165) is 16.6 Å². The number of ether oxygens (including phenoxy) is 2. The maximum absolute atomic E-state index is 11.4. The van der Waals surface area contributed by atoms with Crippen LogP contribution in [0.2, 0.25) is 0 Å². The Morgan fingerprint density at radius 3 is 2.69 bits per heavy atom. The van der Waals surface area contributed by atoms with Crippen molar-refractivity contribution < 1.29 is 24.5 Å². The summed E-state index contributed by atoms with van der Waals surface area (Å²) >= 11 is 0. The molecule has 2 aromatic carbocycles. The van der Waals surface area contributed by atoms with Crippen molar-refractivity contribution in [1.29, 1.82) is 0 Å². The lowest BCUT2D eigenvalue weighted by molar-refractivity contribution is 0.0997. The number of primary amides is 1. The summed E-state index contributed by atoms with van der Waals surface area (Å²) in [5, 5.41) is 20.1. The zero-order chi connectivity index (χ0) is 21.1. The lowest BCUT2D eigenvalue weighted by atomic mass is 10.2. The van der Waals surface area contributed by atoms with Gasteiger partial charge in [-0.3, -0.25) is 14.9 Å². The number of nitrogens with zero attached hydrogens (tertiary/aromatic N) is 1. The fourth-order valence-corrected chi connectivity index (χ4v) is 3.04. The Labute approximate surface area is 168 Å². The molecule has 3 rings (SSSR count). The van der Waals surface area contributed by atoms with Gasteiger partial charge in [0.15, 0.2) is 6.23 Å². The number of benzene rings is 2.